The largest absolute Gasteiger partial charge is 0.368 e. The molecule has 3 heteroatoms. The van der Waals surface area contributed by atoms with Gasteiger partial charge >= 0.3 is 0 Å². The Morgan fingerprint density at radius 3 is 2.41 bits per heavy atom. The van der Waals surface area contributed by atoms with Crippen LogP contribution in [-0.4, -0.2) is 16.6 Å². The van der Waals surface area contributed by atoms with E-state index >= 15 is 0 Å². The second-order valence-corrected chi connectivity index (χ2v) is 5.90. The summed E-state index contributed by atoms with van der Waals surface area (Å²) >= 11 is 0. The smallest absolute Gasteiger partial charge is 0.126 e. The van der Waals surface area contributed by atoms with Crippen LogP contribution < -0.4 is 10.6 Å². The Kier molecular flexibility index (Phi) is 4.52. The topological polar surface area (TPSA) is 37.0 Å². The van der Waals surface area contributed by atoms with E-state index in [4.69, 9.17) is 0 Å². The average Bonchev–Trinajstić information content (AvgIpc) is 2.11. The molecular weight excluding hydrogens is 210 g/mol. The Morgan fingerprint density at radius 2 is 1.88 bits per heavy atom. The summed E-state index contributed by atoms with van der Waals surface area (Å²) in [5, 5.41) is 6.83. The van der Waals surface area contributed by atoms with Crippen molar-refractivity contribution in [1.29, 1.82) is 0 Å². The molecule has 0 amide bonds. The lowest BCUT2D eigenvalue weighted by Crippen LogP contribution is -2.35. The fraction of sp³-hybridized carbons (Fsp3) is 0.643. The van der Waals surface area contributed by atoms with Crippen molar-refractivity contribution in [2.75, 3.05) is 5.32 Å². The Balaban J connectivity index is 2.75. The van der Waals surface area contributed by atoms with Crippen LogP contribution in [0.25, 0.3) is 0 Å². The third kappa shape index (κ3) is 5.68. The lowest BCUT2D eigenvalue weighted by molar-refractivity contribution is 0.424. The van der Waals surface area contributed by atoms with Gasteiger partial charge < -0.3 is 10.6 Å². The molecule has 1 aromatic heterocycles. The van der Waals surface area contributed by atoms with Gasteiger partial charge in [-0.05, 0) is 59.2 Å². The van der Waals surface area contributed by atoms with E-state index in [0.717, 1.165) is 18.1 Å². The van der Waals surface area contributed by atoms with Gasteiger partial charge in [-0.15, -0.1) is 0 Å². The van der Waals surface area contributed by atoms with Crippen molar-refractivity contribution < 1.29 is 0 Å². The highest BCUT2D eigenvalue weighted by atomic mass is 15.0. The predicted octanol–water partition coefficient (Wildman–Crippen LogP) is 3.10. The molecule has 1 rings (SSSR count). The standard InChI is InChI=1S/C14H25N3/c1-10(2)16-13-8-12(7-11(3)17-13)9-15-14(4,5)6/h7-8,10,15H,9H2,1-6H3,(H,16,17). The molecule has 0 unspecified atom stereocenters. The summed E-state index contributed by atoms with van der Waals surface area (Å²) in [6, 6.07) is 4.66. The van der Waals surface area contributed by atoms with Crippen molar-refractivity contribution >= 4 is 5.82 Å². The molecule has 1 aromatic rings. The summed E-state index contributed by atoms with van der Waals surface area (Å²) in [6.07, 6.45) is 0. The fourth-order valence-electron chi connectivity index (χ4n) is 1.58. The molecule has 0 saturated carbocycles. The summed E-state index contributed by atoms with van der Waals surface area (Å²) in [4.78, 5) is 4.48. The summed E-state index contributed by atoms with van der Waals surface area (Å²) < 4.78 is 0. The lowest BCUT2D eigenvalue weighted by atomic mass is 10.1. The van der Waals surface area contributed by atoms with Crippen LogP contribution in [0, 0.1) is 6.92 Å². The first-order valence-electron chi connectivity index (χ1n) is 6.25. The van der Waals surface area contributed by atoms with E-state index in [2.05, 4.69) is 62.4 Å². The third-order valence-electron chi connectivity index (χ3n) is 2.27. The molecule has 0 aliphatic carbocycles. The molecule has 0 spiro atoms. The highest BCUT2D eigenvalue weighted by Crippen LogP contribution is 2.12. The quantitative estimate of drug-likeness (QED) is 0.842. The van der Waals surface area contributed by atoms with Gasteiger partial charge in [-0.3, -0.25) is 0 Å². The number of anilines is 1. The monoisotopic (exact) mass is 235 g/mol. The maximum absolute atomic E-state index is 4.48. The van der Waals surface area contributed by atoms with Gasteiger partial charge in [0, 0.05) is 23.8 Å². The van der Waals surface area contributed by atoms with E-state index < -0.39 is 0 Å². The van der Waals surface area contributed by atoms with Gasteiger partial charge in [0.1, 0.15) is 5.82 Å². The van der Waals surface area contributed by atoms with Crippen molar-refractivity contribution in [2.24, 2.45) is 0 Å². The van der Waals surface area contributed by atoms with Crippen LogP contribution >= 0.6 is 0 Å². The second kappa shape index (κ2) is 5.50. The fourth-order valence-corrected chi connectivity index (χ4v) is 1.58. The maximum atomic E-state index is 4.48. The maximum Gasteiger partial charge on any atom is 0.126 e. The van der Waals surface area contributed by atoms with Crippen molar-refractivity contribution in [3.05, 3.63) is 23.4 Å². The van der Waals surface area contributed by atoms with Crippen LogP contribution in [-0.2, 0) is 6.54 Å². The van der Waals surface area contributed by atoms with E-state index in [9.17, 15) is 0 Å². The Morgan fingerprint density at radius 1 is 1.24 bits per heavy atom. The zero-order valence-corrected chi connectivity index (χ0v) is 11.9. The van der Waals surface area contributed by atoms with Crippen molar-refractivity contribution in [2.45, 2.75) is 59.7 Å². The summed E-state index contributed by atoms with van der Waals surface area (Å²) in [7, 11) is 0. The molecular formula is C14H25N3. The van der Waals surface area contributed by atoms with Crippen LogP contribution in [0.15, 0.2) is 12.1 Å². The zero-order chi connectivity index (χ0) is 13.1. The molecule has 2 N–H and O–H groups in total. The third-order valence-corrected chi connectivity index (χ3v) is 2.27. The van der Waals surface area contributed by atoms with E-state index in [0.29, 0.717) is 6.04 Å². The first-order valence-corrected chi connectivity index (χ1v) is 6.25. The Hall–Kier alpha value is -1.09. The first-order chi connectivity index (χ1) is 7.76. The van der Waals surface area contributed by atoms with Gasteiger partial charge in [-0.1, -0.05) is 0 Å². The van der Waals surface area contributed by atoms with Crippen LogP contribution in [0.1, 0.15) is 45.9 Å². The predicted molar refractivity (Wildman–Crippen MR) is 74.3 cm³/mol. The van der Waals surface area contributed by atoms with Gasteiger partial charge in [0.25, 0.3) is 0 Å². The SMILES string of the molecule is Cc1cc(CNC(C)(C)C)cc(NC(C)C)n1. The van der Waals surface area contributed by atoms with E-state index in [1.54, 1.807) is 0 Å². The van der Waals surface area contributed by atoms with E-state index in [1.165, 1.54) is 5.56 Å². The van der Waals surface area contributed by atoms with Gasteiger partial charge in [-0.25, -0.2) is 4.98 Å². The first kappa shape index (κ1) is 14.0. The van der Waals surface area contributed by atoms with Gasteiger partial charge in [-0.2, -0.15) is 0 Å². The molecule has 96 valence electrons. The lowest BCUT2D eigenvalue weighted by Gasteiger charge is -2.21. The molecule has 17 heavy (non-hydrogen) atoms. The van der Waals surface area contributed by atoms with Crippen LogP contribution in [0.4, 0.5) is 5.82 Å². The van der Waals surface area contributed by atoms with E-state index in [-0.39, 0.29) is 5.54 Å². The van der Waals surface area contributed by atoms with Gasteiger partial charge in [0.05, 0.1) is 0 Å². The van der Waals surface area contributed by atoms with Crippen molar-refractivity contribution in [3.8, 4) is 0 Å². The number of rotatable bonds is 4. The summed E-state index contributed by atoms with van der Waals surface area (Å²) in [5.41, 5.74) is 2.47. The normalized spacial score (nSPS) is 11.9. The Bertz CT molecular complexity index is 364. The Labute approximate surface area is 105 Å². The molecule has 1 heterocycles. The molecule has 3 nitrogen and oxygen atoms in total. The molecule has 0 saturated heterocycles. The summed E-state index contributed by atoms with van der Waals surface area (Å²) in [6.45, 7) is 13.7. The van der Waals surface area contributed by atoms with Gasteiger partial charge in [0.2, 0.25) is 0 Å². The average molecular weight is 235 g/mol. The molecule has 0 aliphatic rings. The number of hydrogen-bond donors (Lipinski definition) is 2. The minimum atomic E-state index is 0.142. The van der Waals surface area contributed by atoms with Crippen molar-refractivity contribution in [1.82, 2.24) is 10.3 Å². The van der Waals surface area contributed by atoms with E-state index in [1.807, 2.05) is 6.92 Å². The minimum absolute atomic E-state index is 0.142. The number of pyridine rings is 1. The number of aryl methyl sites for hydroxylation is 1. The molecule has 0 fully saturated rings. The molecule has 0 aromatic carbocycles. The van der Waals surface area contributed by atoms with Crippen LogP contribution in [0.3, 0.4) is 0 Å². The number of nitrogens with one attached hydrogen (secondary N) is 2. The minimum Gasteiger partial charge on any atom is -0.368 e. The zero-order valence-electron chi connectivity index (χ0n) is 11.9. The highest BCUT2D eigenvalue weighted by Gasteiger charge is 2.09. The molecule has 0 bridgehead atoms. The van der Waals surface area contributed by atoms with Gasteiger partial charge in [0.15, 0.2) is 0 Å². The number of hydrogen-bond acceptors (Lipinski definition) is 3. The number of nitrogens with zero attached hydrogens (tertiary/aromatic N) is 1. The molecule has 0 atom stereocenters. The molecule has 0 radical (unpaired) electrons. The molecule has 0 aliphatic heterocycles. The van der Waals surface area contributed by atoms with Crippen LogP contribution in [0.2, 0.25) is 0 Å². The van der Waals surface area contributed by atoms with Crippen LogP contribution in [0.5, 0.6) is 0 Å². The number of aromatic nitrogens is 1. The second-order valence-electron chi connectivity index (χ2n) is 5.90. The van der Waals surface area contributed by atoms with Crippen molar-refractivity contribution in [3.63, 3.8) is 0 Å². The summed E-state index contributed by atoms with van der Waals surface area (Å²) in [5.74, 6) is 0.964. The highest BCUT2D eigenvalue weighted by molar-refractivity contribution is 5.40.